The van der Waals surface area contributed by atoms with Crippen molar-refractivity contribution in [3.05, 3.63) is 0 Å². The van der Waals surface area contributed by atoms with E-state index in [2.05, 4.69) is 4.90 Å². The van der Waals surface area contributed by atoms with Crippen molar-refractivity contribution in [3.8, 4) is 0 Å². The molecule has 0 aromatic carbocycles. The Morgan fingerprint density at radius 2 is 2.06 bits per heavy atom. The quantitative estimate of drug-likeness (QED) is 0.701. The Morgan fingerprint density at radius 3 is 2.76 bits per heavy atom. The second kappa shape index (κ2) is 5.83. The third-order valence-electron chi connectivity index (χ3n) is 4.20. The van der Waals surface area contributed by atoms with Gasteiger partial charge in [-0.1, -0.05) is 0 Å². The fourth-order valence-corrected chi connectivity index (χ4v) is 3.14. The van der Waals surface area contributed by atoms with E-state index in [-0.39, 0.29) is 11.9 Å². The zero-order chi connectivity index (χ0) is 12.3. The molecule has 0 aromatic heterocycles. The average Bonchev–Trinajstić information content (AvgIpc) is 2.87. The Bertz CT molecular complexity index is 269. The van der Waals surface area contributed by atoms with Gasteiger partial charge < -0.3 is 9.47 Å². The van der Waals surface area contributed by atoms with Crippen molar-refractivity contribution < 1.29 is 14.3 Å². The van der Waals surface area contributed by atoms with E-state index in [9.17, 15) is 4.79 Å². The molecule has 4 heteroatoms. The second-order valence-corrected chi connectivity index (χ2v) is 5.18. The summed E-state index contributed by atoms with van der Waals surface area (Å²) in [5.41, 5.74) is 0. The summed E-state index contributed by atoms with van der Waals surface area (Å²) in [4.78, 5) is 13.9. The SMILES string of the molecule is COC(=O)C1CCN(C2CCCC(OC)C2)C1. The van der Waals surface area contributed by atoms with Gasteiger partial charge >= 0.3 is 5.97 Å². The maximum absolute atomic E-state index is 11.5. The van der Waals surface area contributed by atoms with Crippen molar-refractivity contribution >= 4 is 5.97 Å². The molecule has 4 nitrogen and oxygen atoms in total. The molecule has 1 aliphatic carbocycles. The monoisotopic (exact) mass is 241 g/mol. The Kier molecular flexibility index (Phi) is 4.40. The topological polar surface area (TPSA) is 38.8 Å². The minimum Gasteiger partial charge on any atom is -0.469 e. The summed E-state index contributed by atoms with van der Waals surface area (Å²) in [7, 11) is 3.28. The number of carbonyl (C=O) groups is 1. The van der Waals surface area contributed by atoms with Crippen LogP contribution in [0.3, 0.4) is 0 Å². The number of ether oxygens (including phenoxy) is 2. The molecule has 98 valence electrons. The van der Waals surface area contributed by atoms with Gasteiger partial charge in [-0.25, -0.2) is 0 Å². The zero-order valence-corrected chi connectivity index (χ0v) is 10.9. The first-order valence-electron chi connectivity index (χ1n) is 6.59. The normalized spacial score (nSPS) is 34.8. The summed E-state index contributed by atoms with van der Waals surface area (Å²) in [6, 6.07) is 0.600. The first kappa shape index (κ1) is 12.8. The summed E-state index contributed by atoms with van der Waals surface area (Å²) in [6.45, 7) is 1.90. The molecule has 1 saturated heterocycles. The van der Waals surface area contributed by atoms with Crippen LogP contribution in [0.25, 0.3) is 0 Å². The van der Waals surface area contributed by atoms with Crippen molar-refractivity contribution in [2.45, 2.75) is 44.2 Å². The number of methoxy groups -OCH3 is 2. The number of nitrogens with zero attached hydrogens (tertiary/aromatic N) is 1. The van der Waals surface area contributed by atoms with Crippen molar-refractivity contribution in [2.24, 2.45) is 5.92 Å². The van der Waals surface area contributed by atoms with Crippen molar-refractivity contribution in [1.82, 2.24) is 4.90 Å². The van der Waals surface area contributed by atoms with Crippen LogP contribution in [0.2, 0.25) is 0 Å². The molecular formula is C13H23NO3. The van der Waals surface area contributed by atoms with Crippen LogP contribution in [-0.4, -0.2) is 50.3 Å². The van der Waals surface area contributed by atoms with Crippen LogP contribution >= 0.6 is 0 Å². The van der Waals surface area contributed by atoms with Gasteiger partial charge in [0, 0.05) is 19.7 Å². The molecule has 2 aliphatic rings. The number of carbonyl (C=O) groups excluding carboxylic acids is 1. The smallest absolute Gasteiger partial charge is 0.310 e. The Morgan fingerprint density at radius 1 is 1.24 bits per heavy atom. The number of esters is 1. The highest BCUT2D eigenvalue weighted by Gasteiger charge is 2.34. The first-order valence-corrected chi connectivity index (χ1v) is 6.59. The van der Waals surface area contributed by atoms with Crippen molar-refractivity contribution in [2.75, 3.05) is 27.3 Å². The third-order valence-corrected chi connectivity index (χ3v) is 4.20. The van der Waals surface area contributed by atoms with Crippen LogP contribution in [0, 0.1) is 5.92 Å². The van der Waals surface area contributed by atoms with Gasteiger partial charge in [0.2, 0.25) is 0 Å². The van der Waals surface area contributed by atoms with E-state index in [4.69, 9.17) is 9.47 Å². The van der Waals surface area contributed by atoms with Crippen LogP contribution < -0.4 is 0 Å². The fourth-order valence-electron chi connectivity index (χ4n) is 3.14. The summed E-state index contributed by atoms with van der Waals surface area (Å²) >= 11 is 0. The number of rotatable bonds is 3. The van der Waals surface area contributed by atoms with E-state index < -0.39 is 0 Å². The molecule has 2 rings (SSSR count). The predicted molar refractivity (Wildman–Crippen MR) is 64.7 cm³/mol. The highest BCUT2D eigenvalue weighted by atomic mass is 16.5. The van der Waals surface area contributed by atoms with Crippen LogP contribution in [-0.2, 0) is 14.3 Å². The van der Waals surface area contributed by atoms with E-state index in [1.165, 1.54) is 26.4 Å². The van der Waals surface area contributed by atoms with Gasteiger partial charge in [0.25, 0.3) is 0 Å². The molecule has 1 heterocycles. The zero-order valence-electron chi connectivity index (χ0n) is 10.9. The lowest BCUT2D eigenvalue weighted by Crippen LogP contribution is -2.39. The molecule has 0 amide bonds. The lowest BCUT2D eigenvalue weighted by atomic mass is 9.92. The van der Waals surface area contributed by atoms with E-state index in [0.29, 0.717) is 12.1 Å². The summed E-state index contributed by atoms with van der Waals surface area (Å²) in [5, 5.41) is 0. The highest BCUT2D eigenvalue weighted by molar-refractivity contribution is 5.72. The number of hydrogen-bond acceptors (Lipinski definition) is 4. The second-order valence-electron chi connectivity index (χ2n) is 5.18. The lowest BCUT2D eigenvalue weighted by Gasteiger charge is -2.34. The molecule has 3 atom stereocenters. The molecule has 0 bridgehead atoms. The minimum absolute atomic E-state index is 0.0494. The van der Waals surface area contributed by atoms with Crippen molar-refractivity contribution in [1.29, 1.82) is 0 Å². The molecule has 0 aromatic rings. The average molecular weight is 241 g/mol. The Hall–Kier alpha value is -0.610. The molecule has 17 heavy (non-hydrogen) atoms. The summed E-state index contributed by atoms with van der Waals surface area (Å²) in [5.74, 6) is 0.0366. The van der Waals surface area contributed by atoms with E-state index in [0.717, 1.165) is 25.9 Å². The van der Waals surface area contributed by atoms with Gasteiger partial charge in [0.15, 0.2) is 0 Å². The Balaban J connectivity index is 1.85. The molecule has 3 unspecified atom stereocenters. The van der Waals surface area contributed by atoms with Gasteiger partial charge in [-0.2, -0.15) is 0 Å². The summed E-state index contributed by atoms with van der Waals surface area (Å²) < 4.78 is 10.3. The molecule has 1 aliphatic heterocycles. The molecular weight excluding hydrogens is 218 g/mol. The maximum atomic E-state index is 11.5. The molecule has 2 fully saturated rings. The highest BCUT2D eigenvalue weighted by Crippen LogP contribution is 2.29. The first-order chi connectivity index (χ1) is 8.24. The van der Waals surface area contributed by atoms with Crippen LogP contribution in [0.15, 0.2) is 0 Å². The van der Waals surface area contributed by atoms with E-state index in [1.807, 2.05) is 0 Å². The molecule has 0 spiro atoms. The Labute approximate surface area is 103 Å². The van der Waals surface area contributed by atoms with E-state index in [1.54, 1.807) is 7.11 Å². The maximum Gasteiger partial charge on any atom is 0.310 e. The summed E-state index contributed by atoms with van der Waals surface area (Å²) in [6.07, 6.45) is 6.13. The number of hydrogen-bond donors (Lipinski definition) is 0. The van der Waals surface area contributed by atoms with E-state index >= 15 is 0 Å². The van der Waals surface area contributed by atoms with Gasteiger partial charge in [-0.15, -0.1) is 0 Å². The fraction of sp³-hybridized carbons (Fsp3) is 0.923. The van der Waals surface area contributed by atoms with Gasteiger partial charge in [-0.3, -0.25) is 9.69 Å². The van der Waals surface area contributed by atoms with Crippen molar-refractivity contribution in [3.63, 3.8) is 0 Å². The minimum atomic E-state index is -0.0494. The van der Waals surface area contributed by atoms with Crippen LogP contribution in [0.5, 0.6) is 0 Å². The van der Waals surface area contributed by atoms with Gasteiger partial charge in [0.1, 0.15) is 0 Å². The van der Waals surface area contributed by atoms with Crippen LogP contribution in [0.4, 0.5) is 0 Å². The van der Waals surface area contributed by atoms with Gasteiger partial charge in [0.05, 0.1) is 19.1 Å². The van der Waals surface area contributed by atoms with Gasteiger partial charge in [-0.05, 0) is 38.6 Å². The van der Waals surface area contributed by atoms with Crippen LogP contribution in [0.1, 0.15) is 32.1 Å². The number of likely N-dealkylation sites (tertiary alicyclic amines) is 1. The standard InChI is InChI=1S/C13H23NO3/c1-16-12-5-3-4-11(8-12)14-7-6-10(9-14)13(15)17-2/h10-12H,3-9H2,1-2H3. The third kappa shape index (κ3) is 2.99. The molecule has 0 radical (unpaired) electrons. The predicted octanol–water partition coefficient (Wildman–Crippen LogP) is 1.44. The largest absolute Gasteiger partial charge is 0.469 e. The molecule has 1 saturated carbocycles. The lowest BCUT2D eigenvalue weighted by molar-refractivity contribution is -0.145. The molecule has 0 N–H and O–H groups in total.